The Bertz CT molecular complexity index is 690. The summed E-state index contributed by atoms with van der Waals surface area (Å²) in [6.07, 6.45) is 0. The van der Waals surface area contributed by atoms with E-state index >= 15 is 0 Å². The number of rotatable bonds is 4. The number of nitrogens with one attached hydrogen (secondary N) is 1. The van der Waals surface area contributed by atoms with Crippen LogP contribution in [0.4, 0.5) is 5.69 Å². The number of nitrogens with two attached hydrogens (primary N) is 1. The maximum absolute atomic E-state index is 12.0. The number of hydrogen-bond donors (Lipinski definition) is 2. The molecular formula is C15H13Cl3N2O. The van der Waals surface area contributed by atoms with E-state index in [1.807, 2.05) is 0 Å². The number of anilines is 1. The Hall–Kier alpha value is -1.42. The van der Waals surface area contributed by atoms with Gasteiger partial charge < -0.3 is 11.1 Å². The van der Waals surface area contributed by atoms with Crippen LogP contribution in [0.2, 0.25) is 15.1 Å². The van der Waals surface area contributed by atoms with Crippen molar-refractivity contribution >= 4 is 46.4 Å². The summed E-state index contributed by atoms with van der Waals surface area (Å²) >= 11 is 18.1. The van der Waals surface area contributed by atoms with Crippen LogP contribution in [0.15, 0.2) is 42.5 Å². The van der Waals surface area contributed by atoms with E-state index in [-0.39, 0.29) is 0 Å². The lowest BCUT2D eigenvalue weighted by molar-refractivity contribution is -0.122. The molecule has 2 aromatic carbocycles. The lowest BCUT2D eigenvalue weighted by atomic mass is 9.90. The van der Waals surface area contributed by atoms with Crippen molar-refractivity contribution in [2.75, 3.05) is 5.32 Å². The molecule has 3 N–H and O–H groups in total. The lowest BCUT2D eigenvalue weighted by Gasteiger charge is -2.30. The third-order valence-corrected chi connectivity index (χ3v) is 3.98. The van der Waals surface area contributed by atoms with E-state index in [4.69, 9.17) is 40.5 Å². The molecule has 2 rings (SSSR count). The number of carbonyl (C=O) groups is 1. The average molecular weight is 344 g/mol. The van der Waals surface area contributed by atoms with Crippen LogP contribution in [0.1, 0.15) is 12.5 Å². The monoisotopic (exact) mass is 342 g/mol. The second-order valence-corrected chi connectivity index (χ2v) is 6.03. The van der Waals surface area contributed by atoms with Crippen LogP contribution >= 0.6 is 34.8 Å². The Morgan fingerprint density at radius 2 is 1.76 bits per heavy atom. The van der Waals surface area contributed by atoms with Gasteiger partial charge in [0.05, 0.1) is 0 Å². The van der Waals surface area contributed by atoms with Crippen molar-refractivity contribution in [1.29, 1.82) is 0 Å². The van der Waals surface area contributed by atoms with Gasteiger partial charge in [-0.05, 0) is 43.3 Å². The van der Waals surface area contributed by atoms with Gasteiger partial charge in [-0.2, -0.15) is 0 Å². The average Bonchev–Trinajstić information content (AvgIpc) is 2.41. The highest BCUT2D eigenvalue weighted by Crippen LogP contribution is 2.33. The van der Waals surface area contributed by atoms with Gasteiger partial charge in [0.2, 0.25) is 5.91 Å². The number of primary amides is 1. The first-order valence-electron chi connectivity index (χ1n) is 6.12. The third-order valence-electron chi connectivity index (χ3n) is 3.18. The molecule has 0 fully saturated rings. The van der Waals surface area contributed by atoms with E-state index in [2.05, 4.69) is 5.32 Å². The summed E-state index contributed by atoms with van der Waals surface area (Å²) in [5, 5.41) is 4.49. The molecule has 0 radical (unpaired) electrons. The van der Waals surface area contributed by atoms with Gasteiger partial charge in [0.25, 0.3) is 0 Å². The van der Waals surface area contributed by atoms with Gasteiger partial charge in [-0.25, -0.2) is 0 Å². The molecule has 2 aromatic rings. The van der Waals surface area contributed by atoms with Crippen LogP contribution < -0.4 is 11.1 Å². The first-order valence-corrected chi connectivity index (χ1v) is 7.25. The zero-order chi connectivity index (χ0) is 15.6. The minimum absolute atomic E-state index is 0.398. The Kier molecular flexibility index (Phi) is 4.67. The van der Waals surface area contributed by atoms with E-state index in [1.54, 1.807) is 49.4 Å². The Morgan fingerprint density at radius 3 is 2.38 bits per heavy atom. The van der Waals surface area contributed by atoms with Crippen LogP contribution in [0.25, 0.3) is 0 Å². The molecule has 0 aliphatic heterocycles. The van der Waals surface area contributed by atoms with Crippen molar-refractivity contribution in [2.45, 2.75) is 12.5 Å². The molecule has 0 saturated heterocycles. The molecule has 0 bridgehead atoms. The van der Waals surface area contributed by atoms with Crippen molar-refractivity contribution in [3.63, 3.8) is 0 Å². The van der Waals surface area contributed by atoms with Crippen LogP contribution in [0, 0.1) is 0 Å². The second kappa shape index (κ2) is 6.14. The summed E-state index contributed by atoms with van der Waals surface area (Å²) in [6, 6.07) is 11.9. The zero-order valence-corrected chi connectivity index (χ0v) is 13.4. The smallest absolute Gasteiger partial charge is 0.247 e. The van der Waals surface area contributed by atoms with Crippen molar-refractivity contribution < 1.29 is 4.79 Å². The highest BCUT2D eigenvalue weighted by molar-refractivity contribution is 6.34. The molecule has 0 aliphatic rings. The van der Waals surface area contributed by atoms with Crippen molar-refractivity contribution in [1.82, 2.24) is 0 Å². The van der Waals surface area contributed by atoms with Crippen LogP contribution in [-0.4, -0.2) is 5.91 Å². The van der Waals surface area contributed by atoms with Gasteiger partial charge in [-0.3, -0.25) is 4.79 Å². The second-order valence-electron chi connectivity index (χ2n) is 4.75. The van der Waals surface area contributed by atoms with Gasteiger partial charge in [0.15, 0.2) is 0 Å². The maximum Gasteiger partial charge on any atom is 0.247 e. The molecule has 110 valence electrons. The van der Waals surface area contributed by atoms with Crippen molar-refractivity contribution in [3.8, 4) is 0 Å². The molecule has 0 heterocycles. The molecule has 0 aliphatic carbocycles. The molecule has 21 heavy (non-hydrogen) atoms. The number of hydrogen-bond acceptors (Lipinski definition) is 2. The van der Waals surface area contributed by atoms with Crippen molar-refractivity contribution in [3.05, 3.63) is 63.1 Å². The van der Waals surface area contributed by atoms with E-state index < -0.39 is 11.4 Å². The molecule has 1 unspecified atom stereocenters. The third kappa shape index (κ3) is 3.43. The molecule has 1 amide bonds. The predicted molar refractivity (Wildman–Crippen MR) is 88.1 cm³/mol. The van der Waals surface area contributed by atoms with E-state index in [9.17, 15) is 4.79 Å². The standard InChI is InChI=1S/C15H13Cl3N2O/c1-15(14(19)21,12-8-10(17)5-6-13(12)18)20-11-4-2-3-9(16)7-11/h2-8,20H,1H3,(H2,19,21). The van der Waals surface area contributed by atoms with Gasteiger partial charge in [-0.15, -0.1) is 0 Å². The van der Waals surface area contributed by atoms with E-state index in [0.717, 1.165) is 0 Å². The number of amides is 1. The minimum Gasteiger partial charge on any atom is -0.368 e. The fourth-order valence-corrected chi connectivity index (χ4v) is 2.67. The quantitative estimate of drug-likeness (QED) is 0.861. The molecule has 6 heteroatoms. The summed E-state index contributed by atoms with van der Waals surface area (Å²) in [7, 11) is 0. The lowest BCUT2D eigenvalue weighted by Crippen LogP contribution is -2.45. The first-order chi connectivity index (χ1) is 9.83. The normalized spacial score (nSPS) is 13.5. The SMILES string of the molecule is CC(Nc1cccc(Cl)c1)(C(N)=O)c1cc(Cl)ccc1Cl. The molecule has 0 saturated carbocycles. The van der Waals surface area contributed by atoms with Gasteiger partial charge in [0, 0.05) is 26.3 Å². The molecule has 3 nitrogen and oxygen atoms in total. The van der Waals surface area contributed by atoms with E-state index in [0.29, 0.717) is 26.3 Å². The summed E-state index contributed by atoms with van der Waals surface area (Å²) in [4.78, 5) is 12.0. The molecule has 1 atom stereocenters. The summed E-state index contributed by atoms with van der Waals surface area (Å²) in [6.45, 7) is 1.65. The van der Waals surface area contributed by atoms with Crippen molar-refractivity contribution in [2.24, 2.45) is 5.73 Å². The number of halogens is 3. The first kappa shape index (κ1) is 16.0. The van der Waals surface area contributed by atoms with Crippen LogP contribution in [0.3, 0.4) is 0 Å². The molecule has 0 spiro atoms. The van der Waals surface area contributed by atoms with Gasteiger partial charge >= 0.3 is 0 Å². The summed E-state index contributed by atoms with van der Waals surface area (Å²) in [5.74, 6) is -0.577. The number of carbonyl (C=O) groups excluding carboxylic acids is 1. The fourth-order valence-electron chi connectivity index (χ4n) is 2.00. The zero-order valence-electron chi connectivity index (χ0n) is 11.2. The highest BCUT2D eigenvalue weighted by atomic mass is 35.5. The molecular weight excluding hydrogens is 331 g/mol. The van der Waals surface area contributed by atoms with Gasteiger partial charge in [0.1, 0.15) is 5.54 Å². The number of benzene rings is 2. The largest absolute Gasteiger partial charge is 0.368 e. The topological polar surface area (TPSA) is 55.1 Å². The van der Waals surface area contributed by atoms with Crippen LogP contribution in [0.5, 0.6) is 0 Å². The Balaban J connectivity index is 2.50. The summed E-state index contributed by atoms with van der Waals surface area (Å²) < 4.78 is 0. The van der Waals surface area contributed by atoms with E-state index in [1.165, 1.54) is 0 Å². The minimum atomic E-state index is -1.22. The van der Waals surface area contributed by atoms with Crippen LogP contribution in [-0.2, 0) is 10.3 Å². The fraction of sp³-hybridized carbons (Fsp3) is 0.133. The van der Waals surface area contributed by atoms with Gasteiger partial charge in [-0.1, -0.05) is 40.9 Å². The predicted octanol–water partition coefficient (Wildman–Crippen LogP) is 4.46. The summed E-state index contributed by atoms with van der Waals surface area (Å²) in [5.41, 5.74) is 5.51. The Labute approximate surface area is 138 Å². The molecule has 0 aromatic heterocycles. The highest BCUT2D eigenvalue weighted by Gasteiger charge is 2.35. The Morgan fingerprint density at radius 1 is 1.10 bits per heavy atom. The maximum atomic E-state index is 12.0.